The van der Waals surface area contributed by atoms with Crippen LogP contribution in [0.2, 0.25) is 5.02 Å². The van der Waals surface area contributed by atoms with E-state index < -0.39 is 22.8 Å². The lowest BCUT2D eigenvalue weighted by molar-refractivity contribution is -0.141. The van der Waals surface area contributed by atoms with Gasteiger partial charge >= 0.3 is 6.18 Å². The van der Waals surface area contributed by atoms with Crippen LogP contribution in [0, 0.1) is 0 Å². The minimum Gasteiger partial charge on any atom is -0.399 e. The number of hydrazine groups is 1. The molecule has 0 aliphatic carbocycles. The van der Waals surface area contributed by atoms with Crippen molar-refractivity contribution in [1.82, 2.24) is 19.9 Å². The maximum atomic E-state index is 13.0. The minimum absolute atomic E-state index is 0.0257. The number of nitrogens with zero attached hydrogens (tertiary/aromatic N) is 5. The van der Waals surface area contributed by atoms with E-state index in [1.165, 1.54) is 28.5 Å². The number of rotatable bonds is 3. The molecular weight excluding hydrogens is 399 g/mol. The van der Waals surface area contributed by atoms with Crippen LogP contribution in [-0.4, -0.2) is 38.8 Å². The molecule has 3 heterocycles. The van der Waals surface area contributed by atoms with E-state index in [0.717, 1.165) is 12.3 Å². The molecule has 0 spiro atoms. The van der Waals surface area contributed by atoms with Crippen molar-refractivity contribution in [2.24, 2.45) is 11.6 Å². The lowest BCUT2D eigenvalue weighted by Gasteiger charge is -2.33. The number of carbonyl (C=O) groups excluding carboxylic acids is 1. The van der Waals surface area contributed by atoms with Crippen LogP contribution in [0.25, 0.3) is 0 Å². The van der Waals surface area contributed by atoms with Crippen LogP contribution in [0.3, 0.4) is 0 Å². The Labute approximate surface area is 162 Å². The fourth-order valence-corrected chi connectivity index (χ4v) is 3.06. The van der Waals surface area contributed by atoms with Crippen LogP contribution in [-0.2, 0) is 6.18 Å². The van der Waals surface area contributed by atoms with Gasteiger partial charge in [0.2, 0.25) is 0 Å². The van der Waals surface area contributed by atoms with E-state index in [2.05, 4.69) is 15.0 Å². The van der Waals surface area contributed by atoms with Crippen LogP contribution in [0.5, 0.6) is 0 Å². The Hall–Kier alpha value is -2.92. The molecule has 0 aromatic carbocycles. The van der Waals surface area contributed by atoms with Crippen molar-refractivity contribution in [1.29, 1.82) is 0 Å². The molecule has 28 heavy (non-hydrogen) atoms. The summed E-state index contributed by atoms with van der Waals surface area (Å²) in [5.41, 5.74) is 5.28. The third kappa shape index (κ3) is 3.85. The summed E-state index contributed by atoms with van der Waals surface area (Å²) < 4.78 is 38.9. The van der Waals surface area contributed by atoms with Gasteiger partial charge in [-0.2, -0.15) is 13.2 Å². The van der Waals surface area contributed by atoms with Crippen molar-refractivity contribution in [3.63, 3.8) is 0 Å². The first-order valence-corrected chi connectivity index (χ1v) is 8.37. The van der Waals surface area contributed by atoms with E-state index in [9.17, 15) is 18.0 Å². The molecule has 0 saturated heterocycles. The Morgan fingerprint density at radius 1 is 1.25 bits per heavy atom. The summed E-state index contributed by atoms with van der Waals surface area (Å²) in [7, 11) is 0. The van der Waals surface area contributed by atoms with Crippen molar-refractivity contribution in [2.45, 2.75) is 12.6 Å². The highest BCUT2D eigenvalue weighted by atomic mass is 35.5. The molecule has 148 valence electrons. The fraction of sp³-hybridized carbons (Fsp3) is 0.250. The maximum Gasteiger partial charge on any atom is 0.434 e. The number of pyridine rings is 1. The predicted molar refractivity (Wildman–Crippen MR) is 94.7 cm³/mol. The molecule has 1 amide bonds. The summed E-state index contributed by atoms with van der Waals surface area (Å²) in [6.45, 7) is 0.158. The summed E-state index contributed by atoms with van der Waals surface area (Å²) in [6, 6.07) is 1.14. The van der Waals surface area contributed by atoms with Crippen LogP contribution < -0.4 is 16.6 Å². The third-order valence-corrected chi connectivity index (χ3v) is 4.50. The second-order valence-corrected chi connectivity index (χ2v) is 6.28. The molecule has 4 N–H and O–H groups in total. The normalized spacial score (nSPS) is 15.0. The predicted octanol–water partition coefficient (Wildman–Crippen LogP) is 1.94. The second kappa shape index (κ2) is 7.60. The van der Waals surface area contributed by atoms with Gasteiger partial charge in [-0.15, -0.1) is 0 Å². The summed E-state index contributed by atoms with van der Waals surface area (Å²) in [5.74, 6) is 5.71. The number of hydrogen-bond donors (Lipinski definition) is 2. The first-order chi connectivity index (χ1) is 13.2. The lowest BCUT2D eigenvalue weighted by atomic mass is 10.1. The van der Waals surface area contributed by atoms with Crippen LogP contribution in [0.4, 0.5) is 19.0 Å². The van der Waals surface area contributed by atoms with Crippen molar-refractivity contribution >= 4 is 23.3 Å². The number of anilines is 1. The van der Waals surface area contributed by atoms with Gasteiger partial charge in [-0.1, -0.05) is 11.6 Å². The number of carbonyl (C=O) groups is 1. The van der Waals surface area contributed by atoms with Gasteiger partial charge < -0.3 is 10.6 Å². The second-order valence-electron chi connectivity index (χ2n) is 5.90. The molecule has 1 aliphatic heterocycles. The highest BCUT2D eigenvalue weighted by Crippen LogP contribution is 2.35. The standard InChI is InChI=1S/C16H15ClF3N7O/c17-13-9(1-3-25-14(13)16(18,19)20)15(28)26-6-2-11(10(21)8-26)27(22)12-7-23-4-5-24-12/h1,3-5,7H,2,6,8,21-22H2. The van der Waals surface area contributed by atoms with Gasteiger partial charge in [0.25, 0.3) is 5.91 Å². The Bertz CT molecular complexity index is 920. The van der Waals surface area contributed by atoms with E-state index in [1.807, 2.05) is 0 Å². The molecule has 8 nitrogen and oxygen atoms in total. The first kappa shape index (κ1) is 19.8. The molecule has 0 bridgehead atoms. The zero-order chi connectivity index (χ0) is 20.5. The molecule has 3 rings (SSSR count). The molecule has 12 heteroatoms. The SMILES string of the molecule is NC1=C(N(N)c2cnccn2)CCN(C(=O)c2ccnc(C(F)(F)F)c2Cl)C1. The minimum atomic E-state index is -4.77. The largest absolute Gasteiger partial charge is 0.434 e. The molecule has 0 saturated carbocycles. The van der Waals surface area contributed by atoms with Gasteiger partial charge in [0.1, 0.15) is 0 Å². The molecular formula is C16H15ClF3N7O. The third-order valence-electron chi connectivity index (χ3n) is 4.11. The summed E-state index contributed by atoms with van der Waals surface area (Å²) >= 11 is 5.79. The van der Waals surface area contributed by atoms with Gasteiger partial charge in [0.15, 0.2) is 11.5 Å². The van der Waals surface area contributed by atoms with Crippen LogP contribution in [0.15, 0.2) is 42.2 Å². The van der Waals surface area contributed by atoms with Crippen LogP contribution >= 0.6 is 11.6 Å². The van der Waals surface area contributed by atoms with Gasteiger partial charge in [0, 0.05) is 37.3 Å². The lowest BCUT2D eigenvalue weighted by Crippen LogP contribution is -2.44. The topological polar surface area (TPSA) is 114 Å². The molecule has 2 aromatic rings. The molecule has 0 fully saturated rings. The first-order valence-electron chi connectivity index (χ1n) is 7.99. The van der Waals surface area contributed by atoms with E-state index in [4.69, 9.17) is 23.2 Å². The summed E-state index contributed by atoms with van der Waals surface area (Å²) in [5, 5.41) is 0.527. The Balaban J connectivity index is 1.83. The zero-order valence-electron chi connectivity index (χ0n) is 14.3. The van der Waals surface area contributed by atoms with Crippen molar-refractivity contribution in [3.05, 3.63) is 58.5 Å². The summed E-state index contributed by atoms with van der Waals surface area (Å²) in [4.78, 5) is 25.2. The Kier molecular flexibility index (Phi) is 5.38. The molecule has 1 aliphatic rings. The fourth-order valence-electron chi connectivity index (χ4n) is 2.76. The average molecular weight is 414 g/mol. The monoisotopic (exact) mass is 413 g/mol. The molecule has 2 aromatic heterocycles. The van der Waals surface area contributed by atoms with E-state index in [0.29, 0.717) is 11.5 Å². The molecule has 0 unspecified atom stereocenters. The van der Waals surface area contributed by atoms with Gasteiger partial charge in [-0.05, 0) is 6.07 Å². The van der Waals surface area contributed by atoms with E-state index >= 15 is 0 Å². The highest BCUT2D eigenvalue weighted by molar-refractivity contribution is 6.34. The highest BCUT2D eigenvalue weighted by Gasteiger charge is 2.37. The molecule has 0 atom stereocenters. The van der Waals surface area contributed by atoms with Gasteiger partial charge in [-0.3, -0.25) is 19.8 Å². The average Bonchev–Trinajstić information content (AvgIpc) is 2.67. The number of alkyl halides is 3. The smallest absolute Gasteiger partial charge is 0.399 e. The summed E-state index contributed by atoms with van der Waals surface area (Å²) in [6.07, 6.45) is 0.815. The van der Waals surface area contributed by atoms with E-state index in [1.54, 1.807) is 0 Å². The number of aromatic nitrogens is 3. The number of amides is 1. The number of hydrogen-bond acceptors (Lipinski definition) is 7. The Morgan fingerprint density at radius 3 is 2.61 bits per heavy atom. The van der Waals surface area contributed by atoms with Crippen molar-refractivity contribution in [3.8, 4) is 0 Å². The van der Waals surface area contributed by atoms with Crippen molar-refractivity contribution < 1.29 is 18.0 Å². The quantitative estimate of drug-likeness (QED) is 0.583. The number of nitrogens with two attached hydrogens (primary N) is 2. The van der Waals surface area contributed by atoms with Crippen molar-refractivity contribution in [2.75, 3.05) is 18.1 Å². The van der Waals surface area contributed by atoms with Gasteiger partial charge in [0.05, 0.1) is 29.0 Å². The van der Waals surface area contributed by atoms with Gasteiger partial charge in [-0.25, -0.2) is 10.8 Å². The van der Waals surface area contributed by atoms with Crippen LogP contribution in [0.1, 0.15) is 22.5 Å². The maximum absolute atomic E-state index is 13.0. The molecule has 0 radical (unpaired) electrons. The van der Waals surface area contributed by atoms with E-state index in [-0.39, 0.29) is 30.8 Å². The zero-order valence-corrected chi connectivity index (χ0v) is 15.1. The number of halogens is 4. The Morgan fingerprint density at radius 2 is 2.00 bits per heavy atom.